The molecule has 1 aliphatic rings. The standard InChI is InChI=1S/C14H19N3O5S.ClH/c1-23(21,22)13-7-11(6-12(8-13)17(19)20)14(18)16-5-3-10-2-4-15-9-10;/h6-8,10,15H,2-5,9H2,1H3,(H,16,18);1H. The van der Waals surface area contributed by atoms with Crippen molar-refractivity contribution in [2.24, 2.45) is 5.92 Å². The van der Waals surface area contributed by atoms with Gasteiger partial charge < -0.3 is 10.6 Å². The fourth-order valence-electron chi connectivity index (χ4n) is 2.49. The van der Waals surface area contributed by atoms with Crippen LogP contribution in [-0.4, -0.2) is 45.1 Å². The Morgan fingerprint density at radius 1 is 1.42 bits per heavy atom. The second-order valence-corrected chi connectivity index (χ2v) is 7.66. The van der Waals surface area contributed by atoms with Crippen molar-refractivity contribution in [1.82, 2.24) is 10.6 Å². The molecule has 0 saturated carbocycles. The van der Waals surface area contributed by atoms with Gasteiger partial charge in [-0.25, -0.2) is 8.42 Å². The van der Waals surface area contributed by atoms with Crippen molar-refractivity contribution in [1.29, 1.82) is 0 Å². The van der Waals surface area contributed by atoms with E-state index in [0.29, 0.717) is 12.5 Å². The van der Waals surface area contributed by atoms with Gasteiger partial charge in [-0.05, 0) is 37.9 Å². The molecule has 134 valence electrons. The summed E-state index contributed by atoms with van der Waals surface area (Å²) in [7, 11) is -3.64. The minimum Gasteiger partial charge on any atom is -0.352 e. The van der Waals surface area contributed by atoms with Crippen LogP contribution in [0.15, 0.2) is 23.1 Å². The molecule has 8 nitrogen and oxygen atoms in total. The van der Waals surface area contributed by atoms with Crippen LogP contribution >= 0.6 is 12.4 Å². The Morgan fingerprint density at radius 3 is 2.67 bits per heavy atom. The van der Waals surface area contributed by atoms with Crippen molar-refractivity contribution in [2.45, 2.75) is 17.7 Å². The van der Waals surface area contributed by atoms with E-state index in [-0.39, 0.29) is 22.9 Å². The molecule has 1 fully saturated rings. The number of rotatable bonds is 6. The van der Waals surface area contributed by atoms with Crippen molar-refractivity contribution >= 4 is 33.8 Å². The number of amides is 1. The van der Waals surface area contributed by atoms with E-state index in [1.807, 2.05) is 0 Å². The van der Waals surface area contributed by atoms with Crippen molar-refractivity contribution < 1.29 is 18.1 Å². The van der Waals surface area contributed by atoms with E-state index in [4.69, 9.17) is 0 Å². The van der Waals surface area contributed by atoms with Gasteiger partial charge in [-0.15, -0.1) is 12.4 Å². The van der Waals surface area contributed by atoms with E-state index < -0.39 is 26.4 Å². The van der Waals surface area contributed by atoms with Crippen LogP contribution in [0.25, 0.3) is 0 Å². The van der Waals surface area contributed by atoms with Gasteiger partial charge in [0.15, 0.2) is 9.84 Å². The highest BCUT2D eigenvalue weighted by Gasteiger charge is 2.19. The normalized spacial score (nSPS) is 17.1. The Balaban J connectivity index is 0.00000288. The molecule has 10 heteroatoms. The van der Waals surface area contributed by atoms with Gasteiger partial charge in [0.25, 0.3) is 11.6 Å². The Labute approximate surface area is 146 Å². The van der Waals surface area contributed by atoms with Gasteiger partial charge in [0.2, 0.25) is 0 Å². The van der Waals surface area contributed by atoms with Crippen LogP contribution in [0.3, 0.4) is 0 Å². The average molecular weight is 378 g/mol. The number of carbonyl (C=O) groups excluding carboxylic acids is 1. The van der Waals surface area contributed by atoms with Gasteiger partial charge in [0.05, 0.1) is 9.82 Å². The van der Waals surface area contributed by atoms with E-state index in [0.717, 1.165) is 50.4 Å². The number of sulfone groups is 1. The smallest absolute Gasteiger partial charge is 0.271 e. The van der Waals surface area contributed by atoms with E-state index in [1.165, 1.54) is 0 Å². The molecular weight excluding hydrogens is 358 g/mol. The molecule has 2 rings (SSSR count). The Morgan fingerprint density at radius 2 is 2.12 bits per heavy atom. The molecule has 0 aromatic heterocycles. The van der Waals surface area contributed by atoms with Crippen LogP contribution < -0.4 is 10.6 Å². The van der Waals surface area contributed by atoms with Gasteiger partial charge in [-0.3, -0.25) is 14.9 Å². The number of nitrogens with one attached hydrogen (secondary N) is 2. The van der Waals surface area contributed by atoms with Crippen LogP contribution in [0.5, 0.6) is 0 Å². The maximum Gasteiger partial charge on any atom is 0.271 e. The lowest BCUT2D eigenvalue weighted by molar-refractivity contribution is -0.385. The highest BCUT2D eigenvalue weighted by atomic mass is 35.5. The molecule has 0 aliphatic carbocycles. The molecule has 1 amide bonds. The monoisotopic (exact) mass is 377 g/mol. The van der Waals surface area contributed by atoms with Crippen LogP contribution in [-0.2, 0) is 9.84 Å². The fraction of sp³-hybridized carbons (Fsp3) is 0.500. The Bertz CT molecular complexity index is 717. The molecule has 1 atom stereocenters. The molecule has 24 heavy (non-hydrogen) atoms. The van der Waals surface area contributed by atoms with E-state index in [9.17, 15) is 23.3 Å². The zero-order valence-electron chi connectivity index (χ0n) is 13.1. The van der Waals surface area contributed by atoms with Crippen molar-refractivity contribution in [3.05, 3.63) is 33.9 Å². The molecule has 1 saturated heterocycles. The van der Waals surface area contributed by atoms with Crippen molar-refractivity contribution in [3.8, 4) is 0 Å². The third kappa shape index (κ3) is 5.43. The summed E-state index contributed by atoms with van der Waals surface area (Å²) in [6.07, 6.45) is 2.82. The first-order valence-electron chi connectivity index (χ1n) is 7.26. The summed E-state index contributed by atoms with van der Waals surface area (Å²) in [5.41, 5.74) is -0.442. The minimum absolute atomic E-state index is 0. The predicted molar refractivity (Wildman–Crippen MR) is 91.4 cm³/mol. The molecule has 0 spiro atoms. The molecular formula is C14H20ClN3O5S. The van der Waals surface area contributed by atoms with Gasteiger partial charge in [0, 0.05) is 30.5 Å². The van der Waals surface area contributed by atoms with Crippen molar-refractivity contribution in [2.75, 3.05) is 25.9 Å². The SMILES string of the molecule is CS(=O)(=O)c1cc(C(=O)NCCC2CCNC2)cc([N+](=O)[O-])c1.Cl. The quantitative estimate of drug-likeness (QED) is 0.567. The lowest BCUT2D eigenvalue weighted by Gasteiger charge is -2.10. The summed E-state index contributed by atoms with van der Waals surface area (Å²) in [6, 6.07) is 3.20. The number of halogens is 1. The summed E-state index contributed by atoms with van der Waals surface area (Å²) in [5.74, 6) is -0.00320. The molecule has 0 radical (unpaired) electrons. The summed E-state index contributed by atoms with van der Waals surface area (Å²) in [5, 5.41) is 16.8. The Hall–Kier alpha value is -1.71. The largest absolute Gasteiger partial charge is 0.352 e. The first kappa shape index (κ1) is 20.3. The maximum absolute atomic E-state index is 12.1. The van der Waals surface area contributed by atoms with Crippen LogP contribution in [0.1, 0.15) is 23.2 Å². The number of nitro benzene ring substituents is 1. The molecule has 1 aliphatic heterocycles. The topological polar surface area (TPSA) is 118 Å². The average Bonchev–Trinajstić information content (AvgIpc) is 2.99. The van der Waals surface area contributed by atoms with E-state index in [2.05, 4.69) is 10.6 Å². The third-order valence-corrected chi connectivity index (χ3v) is 4.88. The highest BCUT2D eigenvalue weighted by Crippen LogP contribution is 2.21. The summed E-state index contributed by atoms with van der Waals surface area (Å²) in [4.78, 5) is 22.1. The van der Waals surface area contributed by atoms with Crippen LogP contribution in [0, 0.1) is 16.0 Å². The number of non-ortho nitro benzene ring substituents is 1. The Kier molecular flexibility index (Phi) is 7.12. The predicted octanol–water partition coefficient (Wildman–Crippen LogP) is 1.15. The van der Waals surface area contributed by atoms with Gasteiger partial charge >= 0.3 is 0 Å². The van der Waals surface area contributed by atoms with Gasteiger partial charge in [-0.2, -0.15) is 0 Å². The maximum atomic E-state index is 12.1. The number of hydrogen-bond donors (Lipinski definition) is 2. The number of nitro groups is 1. The molecule has 1 aromatic carbocycles. The van der Waals surface area contributed by atoms with E-state index >= 15 is 0 Å². The number of hydrogen-bond acceptors (Lipinski definition) is 6. The summed E-state index contributed by atoms with van der Waals surface area (Å²) < 4.78 is 23.2. The number of benzene rings is 1. The lowest BCUT2D eigenvalue weighted by atomic mass is 10.1. The molecule has 1 unspecified atom stereocenters. The minimum atomic E-state index is -3.64. The first-order valence-corrected chi connectivity index (χ1v) is 9.15. The zero-order chi connectivity index (χ0) is 17.0. The number of nitrogens with zero attached hydrogens (tertiary/aromatic N) is 1. The second-order valence-electron chi connectivity index (χ2n) is 5.65. The van der Waals surface area contributed by atoms with Crippen LogP contribution in [0.2, 0.25) is 0 Å². The fourth-order valence-corrected chi connectivity index (χ4v) is 3.16. The lowest BCUT2D eigenvalue weighted by Crippen LogP contribution is -2.26. The highest BCUT2D eigenvalue weighted by molar-refractivity contribution is 7.90. The third-order valence-electron chi connectivity index (χ3n) is 3.79. The van der Waals surface area contributed by atoms with Crippen molar-refractivity contribution in [3.63, 3.8) is 0 Å². The molecule has 1 heterocycles. The molecule has 2 N–H and O–H groups in total. The van der Waals surface area contributed by atoms with E-state index in [1.54, 1.807) is 0 Å². The first-order chi connectivity index (χ1) is 10.8. The summed E-state index contributed by atoms with van der Waals surface area (Å²) >= 11 is 0. The molecule has 0 bridgehead atoms. The summed E-state index contributed by atoms with van der Waals surface area (Å²) in [6.45, 7) is 2.34. The zero-order valence-corrected chi connectivity index (χ0v) is 14.8. The second kappa shape index (κ2) is 8.41. The van der Waals surface area contributed by atoms with Gasteiger partial charge in [-0.1, -0.05) is 0 Å². The van der Waals surface area contributed by atoms with Crippen LogP contribution in [0.4, 0.5) is 5.69 Å². The number of carbonyl (C=O) groups is 1. The molecule has 1 aromatic rings. The van der Waals surface area contributed by atoms with Gasteiger partial charge in [0.1, 0.15) is 0 Å².